The Bertz CT molecular complexity index is 404. The summed E-state index contributed by atoms with van der Waals surface area (Å²) in [5, 5.41) is 3.34. The molecule has 4 unspecified atom stereocenters. The van der Waals surface area contributed by atoms with E-state index in [2.05, 4.69) is 19.2 Å². The first-order valence-electron chi connectivity index (χ1n) is 8.55. The lowest BCUT2D eigenvalue weighted by molar-refractivity contribution is 0.178. The fourth-order valence-electron chi connectivity index (χ4n) is 3.65. The molecule has 0 aromatic heterocycles. The van der Waals surface area contributed by atoms with Gasteiger partial charge in [0.1, 0.15) is 0 Å². The number of rotatable bonds is 7. The van der Waals surface area contributed by atoms with Crippen LogP contribution in [0.25, 0.3) is 0 Å². The van der Waals surface area contributed by atoms with Gasteiger partial charge in [0, 0.05) is 18.6 Å². The Morgan fingerprint density at radius 2 is 2.10 bits per heavy atom. The van der Waals surface area contributed by atoms with Gasteiger partial charge in [0.2, 0.25) is 0 Å². The van der Waals surface area contributed by atoms with E-state index in [0.29, 0.717) is 24.2 Å². The molecule has 1 aliphatic heterocycles. The van der Waals surface area contributed by atoms with Gasteiger partial charge >= 0.3 is 0 Å². The Morgan fingerprint density at radius 3 is 2.71 bits per heavy atom. The molecule has 0 aromatic rings. The highest BCUT2D eigenvalue weighted by atomic mass is 32.2. The third kappa shape index (κ3) is 4.93. The van der Waals surface area contributed by atoms with Crippen molar-refractivity contribution in [2.75, 3.05) is 25.5 Å². The first kappa shape index (κ1) is 17.2. The summed E-state index contributed by atoms with van der Waals surface area (Å²) in [6.45, 7) is 6.66. The number of hydrogen-bond donors (Lipinski definition) is 1. The third-order valence-corrected chi connectivity index (χ3v) is 7.27. The molecule has 0 amide bonds. The molecule has 1 N–H and O–H groups in total. The zero-order valence-electron chi connectivity index (χ0n) is 13.5. The standard InChI is InChI=1S/C16H31NO3S/c1-3-8-17-16(14-7-9-20-11-14)12-21(18,19)15-6-4-5-13(2)10-15/h13-17H,3-12H2,1-2H3. The molecule has 0 radical (unpaired) electrons. The number of hydrogen-bond acceptors (Lipinski definition) is 4. The molecule has 2 aliphatic rings. The molecule has 0 aromatic carbocycles. The highest BCUT2D eigenvalue weighted by Gasteiger charge is 2.35. The summed E-state index contributed by atoms with van der Waals surface area (Å²) in [4.78, 5) is 0. The normalized spacial score (nSPS) is 32.2. The minimum atomic E-state index is -3.00. The molecule has 0 spiro atoms. The molecule has 5 heteroatoms. The minimum Gasteiger partial charge on any atom is -0.381 e. The molecule has 21 heavy (non-hydrogen) atoms. The maximum atomic E-state index is 12.8. The van der Waals surface area contributed by atoms with E-state index in [9.17, 15) is 8.42 Å². The van der Waals surface area contributed by atoms with E-state index < -0.39 is 9.84 Å². The van der Waals surface area contributed by atoms with Crippen LogP contribution < -0.4 is 5.32 Å². The van der Waals surface area contributed by atoms with E-state index in [1.807, 2.05) is 0 Å². The van der Waals surface area contributed by atoms with Crippen molar-refractivity contribution < 1.29 is 13.2 Å². The Labute approximate surface area is 129 Å². The van der Waals surface area contributed by atoms with Crippen molar-refractivity contribution in [1.82, 2.24) is 5.32 Å². The number of nitrogens with one attached hydrogen (secondary N) is 1. The molecule has 2 rings (SSSR count). The van der Waals surface area contributed by atoms with Crippen molar-refractivity contribution >= 4 is 9.84 Å². The van der Waals surface area contributed by atoms with E-state index in [-0.39, 0.29) is 11.3 Å². The summed E-state index contributed by atoms with van der Waals surface area (Å²) in [5.41, 5.74) is 0. The van der Waals surface area contributed by atoms with Crippen molar-refractivity contribution in [2.45, 2.75) is 63.7 Å². The van der Waals surface area contributed by atoms with E-state index in [0.717, 1.165) is 45.3 Å². The van der Waals surface area contributed by atoms with Crippen LogP contribution in [-0.4, -0.2) is 45.2 Å². The van der Waals surface area contributed by atoms with E-state index in [1.54, 1.807) is 0 Å². The highest BCUT2D eigenvalue weighted by Crippen LogP contribution is 2.30. The fraction of sp³-hybridized carbons (Fsp3) is 1.00. The van der Waals surface area contributed by atoms with Crippen LogP contribution in [0.4, 0.5) is 0 Å². The van der Waals surface area contributed by atoms with Gasteiger partial charge in [-0.3, -0.25) is 0 Å². The molecule has 1 saturated heterocycles. The van der Waals surface area contributed by atoms with Gasteiger partial charge < -0.3 is 10.1 Å². The molecule has 4 nitrogen and oxygen atoms in total. The first-order chi connectivity index (χ1) is 10.0. The van der Waals surface area contributed by atoms with Crippen molar-refractivity contribution in [3.63, 3.8) is 0 Å². The fourth-order valence-corrected chi connectivity index (χ4v) is 5.96. The summed E-state index contributed by atoms with van der Waals surface area (Å²) in [6, 6.07) is 0.0645. The average molecular weight is 317 g/mol. The maximum absolute atomic E-state index is 12.8. The van der Waals surface area contributed by atoms with Crippen molar-refractivity contribution in [2.24, 2.45) is 11.8 Å². The van der Waals surface area contributed by atoms with Crippen molar-refractivity contribution in [1.29, 1.82) is 0 Å². The molecule has 1 heterocycles. The molecule has 2 fully saturated rings. The van der Waals surface area contributed by atoms with Crippen molar-refractivity contribution in [3.05, 3.63) is 0 Å². The third-order valence-electron chi connectivity index (χ3n) is 5.00. The summed E-state index contributed by atoms with van der Waals surface area (Å²) < 4.78 is 31.0. The zero-order chi connectivity index (χ0) is 15.3. The Balaban J connectivity index is 1.99. The maximum Gasteiger partial charge on any atom is 0.154 e. The van der Waals surface area contributed by atoms with Crippen LogP contribution in [-0.2, 0) is 14.6 Å². The summed E-state index contributed by atoms with van der Waals surface area (Å²) in [5.74, 6) is 1.20. The van der Waals surface area contributed by atoms with Gasteiger partial charge in [-0.2, -0.15) is 0 Å². The van der Waals surface area contributed by atoms with Crippen LogP contribution in [0.3, 0.4) is 0 Å². The van der Waals surface area contributed by atoms with Gasteiger partial charge in [-0.1, -0.05) is 26.7 Å². The van der Waals surface area contributed by atoms with Crippen LogP contribution in [0.5, 0.6) is 0 Å². The molecular weight excluding hydrogens is 286 g/mol. The van der Waals surface area contributed by atoms with Crippen LogP contribution in [0, 0.1) is 11.8 Å². The van der Waals surface area contributed by atoms with Gasteiger partial charge in [-0.25, -0.2) is 8.42 Å². The van der Waals surface area contributed by atoms with E-state index in [1.165, 1.54) is 6.42 Å². The lowest BCUT2D eigenvalue weighted by Crippen LogP contribution is -2.45. The molecule has 1 aliphatic carbocycles. The summed E-state index contributed by atoms with van der Waals surface area (Å²) in [7, 11) is -3.00. The predicted octanol–water partition coefficient (Wildman–Crippen LogP) is 2.38. The molecule has 0 bridgehead atoms. The number of ether oxygens (including phenoxy) is 1. The smallest absolute Gasteiger partial charge is 0.154 e. The molecule has 4 atom stereocenters. The van der Waals surface area contributed by atoms with Gasteiger partial charge in [0.05, 0.1) is 17.6 Å². The topological polar surface area (TPSA) is 55.4 Å². The second-order valence-corrected chi connectivity index (χ2v) is 9.23. The van der Waals surface area contributed by atoms with Crippen LogP contribution in [0.15, 0.2) is 0 Å². The minimum absolute atomic E-state index is 0.0645. The quantitative estimate of drug-likeness (QED) is 0.783. The summed E-state index contributed by atoms with van der Waals surface area (Å²) in [6.07, 6.45) is 5.96. The van der Waals surface area contributed by atoms with Gasteiger partial charge in [0.15, 0.2) is 9.84 Å². The van der Waals surface area contributed by atoms with Gasteiger partial charge in [-0.05, 0) is 38.1 Å². The highest BCUT2D eigenvalue weighted by molar-refractivity contribution is 7.92. The Hall–Kier alpha value is -0.130. The lowest BCUT2D eigenvalue weighted by Gasteiger charge is -2.30. The zero-order valence-corrected chi connectivity index (χ0v) is 14.3. The molecular formula is C16H31NO3S. The second-order valence-electron chi connectivity index (χ2n) is 6.91. The Morgan fingerprint density at radius 1 is 1.29 bits per heavy atom. The monoisotopic (exact) mass is 317 g/mol. The van der Waals surface area contributed by atoms with Crippen LogP contribution in [0.2, 0.25) is 0 Å². The Kier molecular flexibility index (Phi) is 6.51. The summed E-state index contributed by atoms with van der Waals surface area (Å²) >= 11 is 0. The van der Waals surface area contributed by atoms with Gasteiger partial charge in [0.25, 0.3) is 0 Å². The van der Waals surface area contributed by atoms with Crippen molar-refractivity contribution in [3.8, 4) is 0 Å². The number of sulfone groups is 1. The van der Waals surface area contributed by atoms with E-state index >= 15 is 0 Å². The lowest BCUT2D eigenvalue weighted by atomic mass is 9.91. The second kappa shape index (κ2) is 7.93. The van der Waals surface area contributed by atoms with E-state index in [4.69, 9.17) is 4.74 Å². The molecule has 124 valence electrons. The SMILES string of the molecule is CCCNC(CS(=O)(=O)C1CCCC(C)C1)C1CCOC1. The average Bonchev–Trinajstić information content (AvgIpc) is 2.97. The van der Waals surface area contributed by atoms with Crippen LogP contribution in [0.1, 0.15) is 52.4 Å². The first-order valence-corrected chi connectivity index (χ1v) is 10.3. The van der Waals surface area contributed by atoms with Crippen LogP contribution >= 0.6 is 0 Å². The predicted molar refractivity (Wildman–Crippen MR) is 86.2 cm³/mol. The molecule has 1 saturated carbocycles. The largest absolute Gasteiger partial charge is 0.381 e. The van der Waals surface area contributed by atoms with Gasteiger partial charge in [-0.15, -0.1) is 0 Å².